The number of hydrogen-bond acceptors (Lipinski definition) is 3. The van der Waals surface area contributed by atoms with E-state index in [1.807, 2.05) is 19.9 Å². The number of ether oxygens (including phenoxy) is 1. The Kier molecular flexibility index (Phi) is 6.02. The minimum absolute atomic E-state index is 0.0384. The molecule has 5 heteroatoms. The first-order chi connectivity index (χ1) is 9.19. The van der Waals surface area contributed by atoms with Crippen LogP contribution in [0.1, 0.15) is 36.5 Å². The van der Waals surface area contributed by atoms with Crippen LogP contribution in [0.4, 0.5) is 0 Å². The second-order valence-corrected chi connectivity index (χ2v) is 7.34. The van der Waals surface area contributed by atoms with E-state index in [4.69, 9.17) is 9.88 Å². The van der Waals surface area contributed by atoms with Gasteiger partial charge in [-0.25, -0.2) is 13.6 Å². The number of rotatable bonds is 7. The van der Waals surface area contributed by atoms with Crippen molar-refractivity contribution in [1.82, 2.24) is 0 Å². The Morgan fingerprint density at radius 3 is 2.45 bits per heavy atom. The quantitative estimate of drug-likeness (QED) is 0.841. The third-order valence-corrected chi connectivity index (χ3v) is 4.33. The molecule has 1 aromatic rings. The summed E-state index contributed by atoms with van der Waals surface area (Å²) in [7, 11) is -3.36. The van der Waals surface area contributed by atoms with Crippen molar-refractivity contribution in [3.05, 3.63) is 28.8 Å². The van der Waals surface area contributed by atoms with Crippen LogP contribution in [0.5, 0.6) is 5.75 Å². The molecular formula is C15H25NO3S. The number of aryl methyl sites for hydroxylation is 2. The number of benzene rings is 1. The molecule has 0 radical (unpaired) electrons. The summed E-state index contributed by atoms with van der Waals surface area (Å²) in [6.07, 6.45) is 1.40. The van der Waals surface area contributed by atoms with Crippen LogP contribution in [0.3, 0.4) is 0 Å². The SMILES string of the molecule is Cc1cc(C)c(C)c(OCCC(C)CCS(N)(=O)=O)c1. The topological polar surface area (TPSA) is 69.4 Å². The first-order valence-corrected chi connectivity index (χ1v) is 8.61. The van der Waals surface area contributed by atoms with Gasteiger partial charge in [0.25, 0.3) is 0 Å². The van der Waals surface area contributed by atoms with Gasteiger partial charge in [0.15, 0.2) is 0 Å². The van der Waals surface area contributed by atoms with Gasteiger partial charge in [0.2, 0.25) is 10.0 Å². The van der Waals surface area contributed by atoms with E-state index in [2.05, 4.69) is 19.9 Å². The van der Waals surface area contributed by atoms with E-state index in [1.165, 1.54) is 11.1 Å². The molecule has 1 aromatic carbocycles. The smallest absolute Gasteiger partial charge is 0.209 e. The molecule has 1 rings (SSSR count). The van der Waals surface area contributed by atoms with Crippen molar-refractivity contribution < 1.29 is 13.2 Å². The van der Waals surface area contributed by atoms with Crippen molar-refractivity contribution in [1.29, 1.82) is 0 Å². The van der Waals surface area contributed by atoms with Crippen molar-refractivity contribution in [2.75, 3.05) is 12.4 Å². The number of nitrogens with two attached hydrogens (primary N) is 1. The third kappa shape index (κ3) is 5.92. The maximum atomic E-state index is 10.9. The van der Waals surface area contributed by atoms with Gasteiger partial charge in [-0.2, -0.15) is 0 Å². The molecule has 0 fully saturated rings. The largest absolute Gasteiger partial charge is 0.493 e. The highest BCUT2D eigenvalue weighted by Crippen LogP contribution is 2.23. The Balaban J connectivity index is 2.45. The van der Waals surface area contributed by atoms with E-state index in [-0.39, 0.29) is 11.7 Å². The number of sulfonamides is 1. The highest BCUT2D eigenvalue weighted by molar-refractivity contribution is 7.89. The van der Waals surface area contributed by atoms with E-state index < -0.39 is 10.0 Å². The molecule has 0 amide bonds. The van der Waals surface area contributed by atoms with Gasteiger partial charge in [-0.15, -0.1) is 0 Å². The normalized spacial score (nSPS) is 13.2. The van der Waals surface area contributed by atoms with Crippen LogP contribution >= 0.6 is 0 Å². The van der Waals surface area contributed by atoms with E-state index in [1.54, 1.807) is 0 Å². The molecule has 20 heavy (non-hydrogen) atoms. The third-order valence-electron chi connectivity index (χ3n) is 3.53. The lowest BCUT2D eigenvalue weighted by molar-refractivity contribution is 0.280. The summed E-state index contributed by atoms with van der Waals surface area (Å²) < 4.78 is 27.6. The summed E-state index contributed by atoms with van der Waals surface area (Å²) in [5.74, 6) is 1.23. The molecular weight excluding hydrogens is 274 g/mol. The molecule has 1 atom stereocenters. The molecule has 2 N–H and O–H groups in total. The highest BCUT2D eigenvalue weighted by Gasteiger charge is 2.09. The van der Waals surface area contributed by atoms with E-state index in [0.29, 0.717) is 13.0 Å². The Morgan fingerprint density at radius 1 is 1.20 bits per heavy atom. The lowest BCUT2D eigenvalue weighted by Crippen LogP contribution is -2.18. The molecule has 114 valence electrons. The summed E-state index contributed by atoms with van der Waals surface area (Å²) in [6.45, 7) is 8.78. The van der Waals surface area contributed by atoms with Crippen molar-refractivity contribution in [2.24, 2.45) is 11.1 Å². The average Bonchev–Trinajstić information content (AvgIpc) is 2.31. The zero-order valence-electron chi connectivity index (χ0n) is 12.8. The van der Waals surface area contributed by atoms with Crippen LogP contribution < -0.4 is 9.88 Å². The molecule has 0 spiro atoms. The van der Waals surface area contributed by atoms with Crippen molar-refractivity contribution in [2.45, 2.75) is 40.5 Å². The van der Waals surface area contributed by atoms with Gasteiger partial charge in [0.1, 0.15) is 5.75 Å². The van der Waals surface area contributed by atoms with Crippen LogP contribution in [0.25, 0.3) is 0 Å². The van der Waals surface area contributed by atoms with Gasteiger partial charge in [-0.3, -0.25) is 0 Å². The van der Waals surface area contributed by atoms with Gasteiger partial charge in [0, 0.05) is 0 Å². The summed E-state index contributed by atoms with van der Waals surface area (Å²) >= 11 is 0. The Bertz CT molecular complexity index is 552. The van der Waals surface area contributed by atoms with Crippen LogP contribution in [0.2, 0.25) is 0 Å². The standard InChI is InChI=1S/C15H25NO3S/c1-11(6-8-20(16,17)18)5-7-19-15-10-12(2)9-13(3)14(15)4/h9-11H,5-8H2,1-4H3,(H2,16,17,18). The first-order valence-electron chi connectivity index (χ1n) is 6.90. The molecule has 0 bridgehead atoms. The Morgan fingerprint density at radius 2 is 1.85 bits per heavy atom. The number of hydrogen-bond donors (Lipinski definition) is 1. The Labute approximate surface area is 122 Å². The summed E-state index contributed by atoms with van der Waals surface area (Å²) in [6, 6.07) is 4.17. The Hall–Kier alpha value is -1.07. The molecule has 0 aliphatic heterocycles. The monoisotopic (exact) mass is 299 g/mol. The molecule has 0 saturated heterocycles. The molecule has 0 heterocycles. The molecule has 0 aliphatic carbocycles. The lowest BCUT2D eigenvalue weighted by Gasteiger charge is -2.15. The van der Waals surface area contributed by atoms with E-state index >= 15 is 0 Å². The van der Waals surface area contributed by atoms with Gasteiger partial charge in [0.05, 0.1) is 12.4 Å². The second kappa shape index (κ2) is 7.09. The highest BCUT2D eigenvalue weighted by atomic mass is 32.2. The zero-order chi connectivity index (χ0) is 15.3. The number of primary sulfonamides is 1. The maximum absolute atomic E-state index is 10.9. The first kappa shape index (κ1) is 17.0. The van der Waals surface area contributed by atoms with Crippen LogP contribution in [0, 0.1) is 26.7 Å². The van der Waals surface area contributed by atoms with Crippen molar-refractivity contribution in [3.8, 4) is 5.75 Å². The minimum Gasteiger partial charge on any atom is -0.493 e. The van der Waals surface area contributed by atoms with Crippen LogP contribution in [-0.4, -0.2) is 20.8 Å². The molecule has 0 saturated carbocycles. The predicted octanol–water partition coefficient (Wildman–Crippen LogP) is 2.70. The average molecular weight is 299 g/mol. The maximum Gasteiger partial charge on any atom is 0.209 e. The summed E-state index contributed by atoms with van der Waals surface area (Å²) in [5, 5.41) is 5.00. The van der Waals surface area contributed by atoms with E-state index in [9.17, 15) is 8.42 Å². The van der Waals surface area contributed by atoms with Crippen molar-refractivity contribution >= 4 is 10.0 Å². The van der Waals surface area contributed by atoms with Gasteiger partial charge in [-0.1, -0.05) is 13.0 Å². The fourth-order valence-electron chi connectivity index (χ4n) is 2.03. The lowest BCUT2D eigenvalue weighted by atomic mass is 10.0. The van der Waals surface area contributed by atoms with Crippen LogP contribution in [-0.2, 0) is 10.0 Å². The molecule has 1 unspecified atom stereocenters. The summed E-state index contributed by atoms with van der Waals surface area (Å²) in [4.78, 5) is 0. The van der Waals surface area contributed by atoms with Crippen molar-refractivity contribution in [3.63, 3.8) is 0 Å². The molecule has 0 aliphatic rings. The fourth-order valence-corrected chi connectivity index (χ4v) is 2.76. The summed E-state index contributed by atoms with van der Waals surface area (Å²) in [5.41, 5.74) is 3.57. The van der Waals surface area contributed by atoms with Gasteiger partial charge < -0.3 is 4.74 Å². The van der Waals surface area contributed by atoms with Gasteiger partial charge >= 0.3 is 0 Å². The second-order valence-electron chi connectivity index (χ2n) is 5.60. The van der Waals surface area contributed by atoms with Gasteiger partial charge in [-0.05, 0) is 62.3 Å². The molecule has 0 aromatic heterocycles. The predicted molar refractivity (Wildman–Crippen MR) is 82.5 cm³/mol. The minimum atomic E-state index is -3.36. The van der Waals surface area contributed by atoms with Crippen LogP contribution in [0.15, 0.2) is 12.1 Å². The molecule has 4 nitrogen and oxygen atoms in total. The zero-order valence-corrected chi connectivity index (χ0v) is 13.6. The fraction of sp³-hybridized carbons (Fsp3) is 0.600. The van der Waals surface area contributed by atoms with E-state index in [0.717, 1.165) is 17.7 Å².